The molecule has 1 aromatic rings. The molecule has 0 spiro atoms. The lowest BCUT2D eigenvalue weighted by molar-refractivity contribution is 0.0635. The van der Waals surface area contributed by atoms with E-state index in [1.165, 1.54) is 0 Å². The quantitative estimate of drug-likeness (QED) is 0.793. The number of amides is 1. The molecule has 0 unspecified atom stereocenters. The number of rotatable bonds is 3. The summed E-state index contributed by atoms with van der Waals surface area (Å²) in [6, 6.07) is 1.79. The summed E-state index contributed by atoms with van der Waals surface area (Å²) < 4.78 is 5.26. The van der Waals surface area contributed by atoms with Crippen LogP contribution in [0.5, 0.6) is 0 Å². The van der Waals surface area contributed by atoms with E-state index >= 15 is 0 Å². The van der Waals surface area contributed by atoms with Gasteiger partial charge < -0.3 is 4.74 Å². The Kier molecular flexibility index (Phi) is 5.62. The molecule has 0 aromatic carbocycles. The highest BCUT2D eigenvalue weighted by molar-refractivity contribution is 6.29. The SMILES string of the molecule is CC(C)(C)CCc1cc(Cl)ncc1NC(=O)OC(C)(C)C. The second-order valence-electron chi connectivity index (χ2n) is 7.35. The van der Waals surface area contributed by atoms with Gasteiger partial charge in [0.25, 0.3) is 0 Å². The Morgan fingerprint density at radius 1 is 1.29 bits per heavy atom. The Bertz CT molecular complexity index is 502. The fourth-order valence-electron chi connectivity index (χ4n) is 1.71. The standard InChI is InChI=1S/C16H25ClN2O2/c1-15(2,3)8-7-11-9-13(17)18-10-12(11)19-14(20)21-16(4,5)6/h9-10H,7-8H2,1-6H3,(H,19,20). The number of ether oxygens (including phenoxy) is 1. The molecule has 1 aromatic heterocycles. The fourth-order valence-corrected chi connectivity index (χ4v) is 1.89. The van der Waals surface area contributed by atoms with Gasteiger partial charge in [0.15, 0.2) is 0 Å². The average molecular weight is 313 g/mol. The number of aromatic nitrogens is 1. The maximum atomic E-state index is 11.9. The minimum atomic E-state index is -0.532. The van der Waals surface area contributed by atoms with E-state index in [0.717, 1.165) is 18.4 Å². The Balaban J connectivity index is 2.84. The molecule has 0 saturated carbocycles. The molecule has 118 valence electrons. The number of carbonyl (C=O) groups is 1. The first-order valence-corrected chi connectivity index (χ1v) is 7.48. The molecule has 0 saturated heterocycles. The summed E-state index contributed by atoms with van der Waals surface area (Å²) in [5.41, 5.74) is 1.29. The van der Waals surface area contributed by atoms with Crippen LogP contribution in [0.4, 0.5) is 10.5 Å². The fraction of sp³-hybridized carbons (Fsp3) is 0.625. The van der Waals surface area contributed by atoms with Crippen molar-refractivity contribution < 1.29 is 9.53 Å². The van der Waals surface area contributed by atoms with Gasteiger partial charge in [0.1, 0.15) is 10.8 Å². The van der Waals surface area contributed by atoms with Crippen LogP contribution in [0.15, 0.2) is 12.3 Å². The van der Waals surface area contributed by atoms with E-state index in [2.05, 4.69) is 31.1 Å². The topological polar surface area (TPSA) is 51.2 Å². The van der Waals surface area contributed by atoms with Crippen molar-refractivity contribution >= 4 is 23.4 Å². The molecule has 5 heteroatoms. The zero-order chi connectivity index (χ0) is 16.3. The normalized spacial score (nSPS) is 12.1. The smallest absolute Gasteiger partial charge is 0.412 e. The highest BCUT2D eigenvalue weighted by Gasteiger charge is 2.18. The Morgan fingerprint density at radius 2 is 1.90 bits per heavy atom. The lowest BCUT2D eigenvalue weighted by Crippen LogP contribution is -2.27. The predicted molar refractivity (Wildman–Crippen MR) is 86.9 cm³/mol. The van der Waals surface area contributed by atoms with E-state index in [9.17, 15) is 4.79 Å². The van der Waals surface area contributed by atoms with Crippen molar-refractivity contribution in [2.45, 2.75) is 60.0 Å². The van der Waals surface area contributed by atoms with Gasteiger partial charge in [-0.2, -0.15) is 0 Å². The molecule has 0 fully saturated rings. The third-order valence-electron chi connectivity index (χ3n) is 2.74. The Hall–Kier alpha value is -1.29. The van der Waals surface area contributed by atoms with Crippen LogP contribution in [0, 0.1) is 5.41 Å². The van der Waals surface area contributed by atoms with Crippen molar-refractivity contribution in [1.82, 2.24) is 4.98 Å². The number of nitrogens with one attached hydrogen (secondary N) is 1. The largest absolute Gasteiger partial charge is 0.444 e. The number of carbonyl (C=O) groups excluding carboxylic acids is 1. The van der Waals surface area contributed by atoms with Crippen molar-refractivity contribution in [2.75, 3.05) is 5.32 Å². The summed E-state index contributed by atoms with van der Waals surface area (Å²) in [7, 11) is 0. The Morgan fingerprint density at radius 3 is 2.43 bits per heavy atom. The molecule has 1 amide bonds. The van der Waals surface area contributed by atoms with Gasteiger partial charge in [-0.15, -0.1) is 0 Å². The van der Waals surface area contributed by atoms with Crippen LogP contribution in [-0.4, -0.2) is 16.7 Å². The molecule has 1 rings (SSSR count). The lowest BCUT2D eigenvalue weighted by atomic mass is 9.88. The van der Waals surface area contributed by atoms with Gasteiger partial charge in [-0.05, 0) is 50.7 Å². The van der Waals surface area contributed by atoms with Crippen molar-refractivity contribution in [3.63, 3.8) is 0 Å². The minimum Gasteiger partial charge on any atom is -0.444 e. The van der Waals surface area contributed by atoms with Crippen LogP contribution in [0.3, 0.4) is 0 Å². The van der Waals surface area contributed by atoms with Crippen molar-refractivity contribution in [1.29, 1.82) is 0 Å². The second-order valence-corrected chi connectivity index (χ2v) is 7.74. The predicted octanol–water partition coefficient (Wildman–Crippen LogP) is 5.06. The zero-order valence-electron chi connectivity index (χ0n) is 13.7. The van der Waals surface area contributed by atoms with Crippen molar-refractivity contribution in [3.8, 4) is 0 Å². The maximum Gasteiger partial charge on any atom is 0.412 e. The molecule has 0 aliphatic rings. The number of hydrogen-bond acceptors (Lipinski definition) is 3. The number of pyridine rings is 1. The van der Waals surface area contributed by atoms with Crippen LogP contribution in [0.2, 0.25) is 5.15 Å². The molecule has 0 aliphatic carbocycles. The van der Waals surface area contributed by atoms with Gasteiger partial charge in [-0.3, -0.25) is 5.32 Å². The zero-order valence-corrected chi connectivity index (χ0v) is 14.5. The summed E-state index contributed by atoms with van der Waals surface area (Å²) in [5, 5.41) is 3.17. The molecular weight excluding hydrogens is 288 g/mol. The molecule has 4 nitrogen and oxygen atoms in total. The first-order chi connectivity index (χ1) is 9.46. The van der Waals surface area contributed by atoms with Crippen LogP contribution in [-0.2, 0) is 11.2 Å². The van der Waals surface area contributed by atoms with E-state index in [1.807, 2.05) is 20.8 Å². The molecule has 0 bridgehead atoms. The monoisotopic (exact) mass is 312 g/mol. The van der Waals surface area contributed by atoms with E-state index in [4.69, 9.17) is 16.3 Å². The van der Waals surface area contributed by atoms with Crippen molar-refractivity contribution in [2.24, 2.45) is 5.41 Å². The number of halogens is 1. The van der Waals surface area contributed by atoms with Crippen LogP contribution in [0.25, 0.3) is 0 Å². The van der Waals surface area contributed by atoms with Crippen molar-refractivity contribution in [3.05, 3.63) is 23.0 Å². The minimum absolute atomic E-state index is 0.207. The second kappa shape index (κ2) is 6.65. The highest BCUT2D eigenvalue weighted by atomic mass is 35.5. The number of anilines is 1. The summed E-state index contributed by atoms with van der Waals surface area (Å²) in [6.45, 7) is 12.0. The van der Waals surface area contributed by atoms with Crippen LogP contribution < -0.4 is 5.32 Å². The van der Waals surface area contributed by atoms with Gasteiger partial charge in [0, 0.05) is 0 Å². The average Bonchev–Trinajstić information content (AvgIpc) is 2.26. The lowest BCUT2D eigenvalue weighted by Gasteiger charge is -2.21. The van der Waals surface area contributed by atoms with Gasteiger partial charge in [0.05, 0.1) is 11.9 Å². The van der Waals surface area contributed by atoms with Crippen LogP contribution in [0.1, 0.15) is 53.5 Å². The number of hydrogen-bond donors (Lipinski definition) is 1. The van der Waals surface area contributed by atoms with Crippen LogP contribution >= 0.6 is 11.6 Å². The third kappa shape index (κ3) is 7.32. The molecule has 0 radical (unpaired) electrons. The van der Waals surface area contributed by atoms with E-state index in [0.29, 0.717) is 10.8 Å². The number of nitrogens with zero attached hydrogens (tertiary/aromatic N) is 1. The summed E-state index contributed by atoms with van der Waals surface area (Å²) in [6.07, 6.45) is 2.89. The number of aryl methyl sites for hydroxylation is 1. The molecule has 1 heterocycles. The molecular formula is C16H25ClN2O2. The van der Waals surface area contributed by atoms with E-state index in [1.54, 1.807) is 12.3 Å². The summed E-state index contributed by atoms with van der Waals surface area (Å²) in [5.74, 6) is 0. The van der Waals surface area contributed by atoms with E-state index in [-0.39, 0.29) is 5.41 Å². The van der Waals surface area contributed by atoms with E-state index < -0.39 is 11.7 Å². The first kappa shape index (κ1) is 17.8. The molecule has 21 heavy (non-hydrogen) atoms. The summed E-state index contributed by atoms with van der Waals surface area (Å²) >= 11 is 5.95. The Labute approximate surface area is 132 Å². The third-order valence-corrected chi connectivity index (χ3v) is 2.94. The summed E-state index contributed by atoms with van der Waals surface area (Å²) in [4.78, 5) is 15.9. The van der Waals surface area contributed by atoms with Gasteiger partial charge >= 0.3 is 6.09 Å². The molecule has 1 N–H and O–H groups in total. The molecule has 0 aliphatic heterocycles. The first-order valence-electron chi connectivity index (χ1n) is 7.11. The van der Waals surface area contributed by atoms with Gasteiger partial charge in [-0.1, -0.05) is 32.4 Å². The van der Waals surface area contributed by atoms with Gasteiger partial charge in [-0.25, -0.2) is 9.78 Å². The van der Waals surface area contributed by atoms with Gasteiger partial charge in [0.2, 0.25) is 0 Å². The highest BCUT2D eigenvalue weighted by Crippen LogP contribution is 2.26. The molecule has 0 atom stereocenters. The maximum absolute atomic E-state index is 11.9.